The van der Waals surface area contributed by atoms with Gasteiger partial charge in [-0.05, 0) is 64.2 Å². The Morgan fingerprint density at radius 3 is 1.15 bits per heavy atom. The van der Waals surface area contributed by atoms with E-state index in [0.717, 1.165) is 64.2 Å². The van der Waals surface area contributed by atoms with Crippen molar-refractivity contribution in [3.8, 4) is 0 Å². The first-order valence-electron chi connectivity index (χ1n) is 26.2. The monoisotopic (exact) mass is 836 g/mol. The lowest BCUT2D eigenvalue weighted by Crippen LogP contribution is -2.45. The molecule has 0 aromatic rings. The van der Waals surface area contributed by atoms with Crippen LogP contribution in [0.4, 0.5) is 0 Å². The van der Waals surface area contributed by atoms with Crippen molar-refractivity contribution in [1.82, 2.24) is 5.32 Å². The van der Waals surface area contributed by atoms with Gasteiger partial charge in [-0.15, -0.1) is 0 Å². The zero-order chi connectivity index (χ0) is 43.5. The number of nitrogens with one attached hydrogen (secondary N) is 1. The van der Waals surface area contributed by atoms with Crippen LogP contribution >= 0.6 is 0 Å². The van der Waals surface area contributed by atoms with Crippen LogP contribution in [0, 0.1) is 0 Å². The first kappa shape index (κ1) is 57.8. The van der Waals surface area contributed by atoms with Crippen molar-refractivity contribution >= 4 is 5.91 Å². The maximum absolute atomic E-state index is 12.3. The molecule has 0 radical (unpaired) electrons. The lowest BCUT2D eigenvalue weighted by Gasteiger charge is -2.19. The molecule has 60 heavy (non-hydrogen) atoms. The molecule has 0 aliphatic rings. The minimum absolute atomic E-state index is 0.0764. The van der Waals surface area contributed by atoms with Crippen LogP contribution in [0.15, 0.2) is 72.9 Å². The van der Waals surface area contributed by atoms with Crippen LogP contribution in [0.2, 0.25) is 0 Å². The van der Waals surface area contributed by atoms with Crippen LogP contribution < -0.4 is 5.32 Å². The Balaban J connectivity index is 3.33. The van der Waals surface area contributed by atoms with Gasteiger partial charge in [0, 0.05) is 6.42 Å². The maximum Gasteiger partial charge on any atom is 0.220 e. The molecule has 2 atom stereocenters. The van der Waals surface area contributed by atoms with E-state index < -0.39 is 12.1 Å². The summed E-state index contributed by atoms with van der Waals surface area (Å²) in [4.78, 5) is 12.3. The predicted molar refractivity (Wildman–Crippen MR) is 267 cm³/mol. The van der Waals surface area contributed by atoms with Gasteiger partial charge in [-0.3, -0.25) is 4.79 Å². The predicted octanol–water partition coefficient (Wildman–Crippen LogP) is 17.0. The Morgan fingerprint density at radius 2 is 0.750 bits per heavy atom. The molecule has 0 aliphatic heterocycles. The van der Waals surface area contributed by atoms with Crippen LogP contribution in [0.5, 0.6) is 0 Å². The van der Waals surface area contributed by atoms with Gasteiger partial charge in [0.1, 0.15) is 0 Å². The van der Waals surface area contributed by atoms with Gasteiger partial charge in [0.05, 0.1) is 18.8 Å². The summed E-state index contributed by atoms with van der Waals surface area (Å²) in [6, 6.07) is -0.635. The number of carbonyl (C=O) groups is 1. The number of rotatable bonds is 47. The summed E-state index contributed by atoms with van der Waals surface area (Å²) in [5.41, 5.74) is 0. The first-order valence-corrected chi connectivity index (χ1v) is 26.2. The summed E-state index contributed by atoms with van der Waals surface area (Å²) in [5, 5.41) is 22.8. The number of amides is 1. The maximum atomic E-state index is 12.3. The van der Waals surface area contributed by atoms with Gasteiger partial charge in [0.25, 0.3) is 0 Å². The minimum atomic E-state index is -0.858. The molecule has 0 aromatic carbocycles. The third-order valence-corrected chi connectivity index (χ3v) is 11.7. The van der Waals surface area contributed by atoms with E-state index >= 15 is 0 Å². The molecule has 4 heteroatoms. The van der Waals surface area contributed by atoms with E-state index in [2.05, 4.69) is 79.9 Å². The first-order chi connectivity index (χ1) is 29.7. The standard InChI is InChI=1S/C56H101NO3/c1-3-5-7-9-11-12-13-14-15-16-17-18-19-20-21-22-23-24-25-26-27-28-29-30-31-32-33-34-35-36-37-38-39-40-41-42-43-44-46-48-50-52-56(60)57-54(53-58)55(59)51-49-47-45-10-8-6-4-2/h5,7-8,10-12,14-15,17-18,49,51,54-55,58-59H,3-4,6,9,13,16,19-48,50,52-53H2,1-2H3,(H,57,60)/b7-5-,10-8+,12-11-,15-14-,18-17-,51-49+. The molecular weight excluding hydrogens is 735 g/mol. The van der Waals surface area contributed by atoms with Gasteiger partial charge in [0.15, 0.2) is 0 Å². The van der Waals surface area contributed by atoms with Gasteiger partial charge >= 0.3 is 0 Å². The smallest absolute Gasteiger partial charge is 0.220 e. The molecule has 0 aromatic heterocycles. The molecule has 0 spiro atoms. The fourth-order valence-electron chi connectivity index (χ4n) is 7.72. The van der Waals surface area contributed by atoms with Crippen molar-refractivity contribution < 1.29 is 15.0 Å². The van der Waals surface area contributed by atoms with Crippen molar-refractivity contribution in [2.75, 3.05) is 6.61 Å². The molecule has 0 bridgehead atoms. The highest BCUT2D eigenvalue weighted by molar-refractivity contribution is 5.76. The number of hydrogen-bond acceptors (Lipinski definition) is 3. The van der Waals surface area contributed by atoms with Crippen molar-refractivity contribution in [3.05, 3.63) is 72.9 Å². The number of aliphatic hydroxyl groups excluding tert-OH is 2. The van der Waals surface area contributed by atoms with Gasteiger partial charge < -0.3 is 15.5 Å². The van der Waals surface area contributed by atoms with E-state index in [1.165, 1.54) is 173 Å². The quantitative estimate of drug-likeness (QED) is 0.0422. The van der Waals surface area contributed by atoms with Crippen LogP contribution in [0.3, 0.4) is 0 Å². The average Bonchev–Trinajstić information content (AvgIpc) is 3.25. The molecule has 348 valence electrons. The second-order valence-corrected chi connectivity index (χ2v) is 17.6. The topological polar surface area (TPSA) is 69.6 Å². The Hall–Kier alpha value is -2.17. The lowest BCUT2D eigenvalue weighted by molar-refractivity contribution is -0.123. The highest BCUT2D eigenvalue weighted by Crippen LogP contribution is 2.17. The molecule has 0 heterocycles. The summed E-state index contributed by atoms with van der Waals surface area (Å²) in [6.07, 6.45) is 73.9. The summed E-state index contributed by atoms with van der Waals surface area (Å²) >= 11 is 0. The Morgan fingerprint density at radius 1 is 0.417 bits per heavy atom. The molecule has 0 fully saturated rings. The van der Waals surface area contributed by atoms with Crippen molar-refractivity contribution in [1.29, 1.82) is 0 Å². The zero-order valence-electron chi connectivity index (χ0n) is 40.0. The molecule has 3 N–H and O–H groups in total. The van der Waals surface area contributed by atoms with Crippen LogP contribution in [0.1, 0.15) is 258 Å². The second-order valence-electron chi connectivity index (χ2n) is 17.6. The summed E-state index contributed by atoms with van der Waals surface area (Å²) in [6.45, 7) is 4.08. The van der Waals surface area contributed by atoms with Crippen molar-refractivity contribution in [3.63, 3.8) is 0 Å². The summed E-state index contributed by atoms with van der Waals surface area (Å²) in [7, 11) is 0. The zero-order valence-corrected chi connectivity index (χ0v) is 40.0. The fourth-order valence-corrected chi connectivity index (χ4v) is 7.72. The van der Waals surface area contributed by atoms with Crippen LogP contribution in [-0.2, 0) is 4.79 Å². The van der Waals surface area contributed by atoms with Gasteiger partial charge in [0.2, 0.25) is 5.91 Å². The van der Waals surface area contributed by atoms with E-state index in [-0.39, 0.29) is 12.5 Å². The highest BCUT2D eigenvalue weighted by Gasteiger charge is 2.17. The van der Waals surface area contributed by atoms with E-state index in [1.807, 2.05) is 6.08 Å². The Labute approximate surface area is 374 Å². The average molecular weight is 836 g/mol. The second kappa shape index (κ2) is 51.2. The summed E-state index contributed by atoms with van der Waals surface area (Å²) < 4.78 is 0. The minimum Gasteiger partial charge on any atom is -0.394 e. The Bertz CT molecular complexity index is 1040. The Kier molecular flexibility index (Phi) is 49.3. The van der Waals surface area contributed by atoms with Crippen molar-refractivity contribution in [2.24, 2.45) is 0 Å². The fraction of sp³-hybridized carbons (Fsp3) is 0.768. The van der Waals surface area contributed by atoms with Gasteiger partial charge in [-0.25, -0.2) is 0 Å². The van der Waals surface area contributed by atoms with E-state index in [4.69, 9.17) is 0 Å². The number of hydrogen-bond donors (Lipinski definition) is 3. The molecule has 0 rings (SSSR count). The van der Waals surface area contributed by atoms with Crippen LogP contribution in [-0.4, -0.2) is 34.9 Å². The number of carbonyl (C=O) groups excluding carboxylic acids is 1. The van der Waals surface area contributed by atoms with E-state index in [1.54, 1.807) is 6.08 Å². The molecule has 1 amide bonds. The summed E-state index contributed by atoms with van der Waals surface area (Å²) in [5.74, 6) is -0.0764. The number of allylic oxidation sites excluding steroid dienone is 11. The molecule has 4 nitrogen and oxygen atoms in total. The molecule has 0 saturated heterocycles. The van der Waals surface area contributed by atoms with Gasteiger partial charge in [-0.2, -0.15) is 0 Å². The molecule has 0 saturated carbocycles. The number of aliphatic hydroxyl groups is 2. The largest absolute Gasteiger partial charge is 0.394 e. The molecule has 0 aliphatic carbocycles. The highest BCUT2D eigenvalue weighted by atomic mass is 16.3. The third kappa shape index (κ3) is 46.9. The lowest BCUT2D eigenvalue weighted by atomic mass is 10.0. The molecule has 2 unspecified atom stereocenters. The van der Waals surface area contributed by atoms with Gasteiger partial charge in [-0.1, -0.05) is 260 Å². The van der Waals surface area contributed by atoms with E-state index in [9.17, 15) is 15.0 Å². The normalized spacial score (nSPS) is 13.5. The third-order valence-electron chi connectivity index (χ3n) is 11.7. The van der Waals surface area contributed by atoms with Crippen LogP contribution in [0.25, 0.3) is 0 Å². The molecular formula is C56H101NO3. The SMILES string of the molecule is CC/C=C\C/C=C\C/C=C\C/C=C\CCCCCCCCCCCCCCCCCCCCCCCCCCCCCCC(=O)NC(CO)C(O)/C=C/CC/C=C/CCC. The number of unbranched alkanes of at least 4 members (excludes halogenated alkanes) is 30. The van der Waals surface area contributed by atoms with Crippen molar-refractivity contribution in [2.45, 2.75) is 270 Å². The van der Waals surface area contributed by atoms with E-state index in [0.29, 0.717) is 6.42 Å².